The Hall–Kier alpha value is -1.89. The zero-order valence-corrected chi connectivity index (χ0v) is 11.8. The van der Waals surface area contributed by atoms with Gasteiger partial charge in [-0.3, -0.25) is 10.1 Å². The Balaban J connectivity index is 2.21. The lowest BCUT2D eigenvalue weighted by Gasteiger charge is -1.95. The maximum Gasteiger partial charge on any atom is 0.271 e. The molecule has 0 aliphatic carbocycles. The molecule has 0 bridgehead atoms. The van der Waals surface area contributed by atoms with Crippen LogP contribution in [0.25, 0.3) is 22.3 Å². The van der Waals surface area contributed by atoms with Crippen LogP contribution in [-0.2, 0) is 0 Å². The summed E-state index contributed by atoms with van der Waals surface area (Å²) in [5.41, 5.74) is 1.72. The Labute approximate surface area is 122 Å². The second kappa shape index (κ2) is 4.65. The van der Waals surface area contributed by atoms with Gasteiger partial charge in [0.2, 0.25) is 0 Å². The molecular weight excluding hydrogens is 357 g/mol. The topological polar surface area (TPSA) is 56.3 Å². The van der Waals surface area contributed by atoms with Crippen molar-refractivity contribution in [2.45, 2.75) is 0 Å². The van der Waals surface area contributed by atoms with E-state index in [-0.39, 0.29) is 5.69 Å². The Morgan fingerprint density at radius 2 is 1.84 bits per heavy atom. The highest BCUT2D eigenvalue weighted by Gasteiger charge is 2.14. The van der Waals surface area contributed by atoms with Crippen LogP contribution in [0.1, 0.15) is 0 Å². The number of fused-ring (bicyclic) bond motifs is 1. The van der Waals surface area contributed by atoms with Gasteiger partial charge in [-0.05, 0) is 28.7 Å². The van der Waals surface area contributed by atoms with E-state index in [9.17, 15) is 10.1 Å². The molecule has 3 aromatic rings. The molecule has 0 aliphatic rings. The van der Waals surface area contributed by atoms with Crippen molar-refractivity contribution in [3.05, 3.63) is 62.2 Å². The van der Waals surface area contributed by atoms with Crippen molar-refractivity contribution in [3.8, 4) is 11.3 Å². The van der Waals surface area contributed by atoms with E-state index in [1.165, 1.54) is 12.1 Å². The van der Waals surface area contributed by atoms with E-state index in [1.807, 2.05) is 36.4 Å². The van der Waals surface area contributed by atoms with Gasteiger partial charge in [0, 0.05) is 23.1 Å². The molecule has 2 aromatic carbocycles. The highest BCUT2D eigenvalue weighted by Crippen LogP contribution is 2.33. The van der Waals surface area contributed by atoms with Crippen molar-refractivity contribution >= 4 is 39.2 Å². The summed E-state index contributed by atoms with van der Waals surface area (Å²) in [7, 11) is 0. The first-order chi connectivity index (χ1) is 9.15. The van der Waals surface area contributed by atoms with Gasteiger partial charge in [0.15, 0.2) is 0 Å². The molecular formula is C14H8INO3. The van der Waals surface area contributed by atoms with E-state index in [4.69, 9.17) is 4.42 Å². The van der Waals surface area contributed by atoms with E-state index in [1.54, 1.807) is 0 Å². The SMILES string of the molecule is O=[N+]([O-])c1cc(I)c2oc(-c3ccccc3)cc2c1. The molecule has 0 amide bonds. The molecule has 1 heterocycles. The molecule has 0 saturated carbocycles. The predicted octanol–water partition coefficient (Wildman–Crippen LogP) is 4.61. The van der Waals surface area contributed by atoms with Gasteiger partial charge in [-0.25, -0.2) is 0 Å². The van der Waals surface area contributed by atoms with Crippen LogP contribution in [0.3, 0.4) is 0 Å². The normalized spacial score (nSPS) is 10.8. The number of hydrogen-bond acceptors (Lipinski definition) is 3. The van der Waals surface area contributed by atoms with E-state index in [2.05, 4.69) is 22.6 Å². The van der Waals surface area contributed by atoms with Gasteiger partial charge in [-0.1, -0.05) is 30.3 Å². The van der Waals surface area contributed by atoms with E-state index >= 15 is 0 Å². The number of nitrogens with zero attached hydrogens (tertiary/aromatic N) is 1. The van der Waals surface area contributed by atoms with Crippen molar-refractivity contribution < 1.29 is 9.34 Å². The maximum absolute atomic E-state index is 10.8. The third-order valence-corrected chi connectivity index (χ3v) is 3.63. The standard InChI is InChI=1S/C14H8INO3/c15-12-8-11(16(17)18)6-10-7-13(19-14(10)12)9-4-2-1-3-5-9/h1-8H. The first-order valence-corrected chi connectivity index (χ1v) is 6.66. The molecule has 1 aromatic heterocycles. The molecule has 0 aliphatic heterocycles. The van der Waals surface area contributed by atoms with Crippen molar-refractivity contribution in [2.75, 3.05) is 0 Å². The summed E-state index contributed by atoms with van der Waals surface area (Å²) in [6.45, 7) is 0. The lowest BCUT2D eigenvalue weighted by molar-refractivity contribution is -0.384. The quantitative estimate of drug-likeness (QED) is 0.379. The summed E-state index contributed by atoms with van der Waals surface area (Å²) in [6.07, 6.45) is 0. The van der Waals surface area contributed by atoms with Gasteiger partial charge in [0.25, 0.3) is 5.69 Å². The molecule has 0 N–H and O–H groups in total. The van der Waals surface area contributed by atoms with Crippen LogP contribution in [0.4, 0.5) is 5.69 Å². The van der Waals surface area contributed by atoms with Gasteiger partial charge >= 0.3 is 0 Å². The molecule has 3 rings (SSSR count). The average molecular weight is 365 g/mol. The van der Waals surface area contributed by atoms with E-state index < -0.39 is 4.92 Å². The van der Waals surface area contributed by atoms with E-state index in [0.29, 0.717) is 11.3 Å². The Bertz CT molecular complexity index is 765. The number of hydrogen-bond donors (Lipinski definition) is 0. The van der Waals surface area contributed by atoms with Crippen LogP contribution in [0.2, 0.25) is 0 Å². The minimum Gasteiger partial charge on any atom is -0.455 e. The molecule has 19 heavy (non-hydrogen) atoms. The summed E-state index contributed by atoms with van der Waals surface area (Å²) < 4.78 is 6.53. The lowest BCUT2D eigenvalue weighted by Crippen LogP contribution is -1.88. The third-order valence-electron chi connectivity index (χ3n) is 2.82. The summed E-state index contributed by atoms with van der Waals surface area (Å²) in [5, 5.41) is 11.6. The molecule has 0 unspecified atom stereocenters. The van der Waals surface area contributed by atoms with Gasteiger partial charge in [0.1, 0.15) is 11.3 Å². The lowest BCUT2D eigenvalue weighted by atomic mass is 10.1. The average Bonchev–Trinajstić information content (AvgIpc) is 2.84. The van der Waals surface area contributed by atoms with Crippen LogP contribution in [0.15, 0.2) is 52.9 Å². The van der Waals surface area contributed by atoms with Gasteiger partial charge in [-0.15, -0.1) is 0 Å². The number of halogens is 1. The smallest absolute Gasteiger partial charge is 0.271 e. The highest BCUT2D eigenvalue weighted by atomic mass is 127. The molecule has 5 heteroatoms. The van der Waals surface area contributed by atoms with Gasteiger partial charge < -0.3 is 4.42 Å². The Kier molecular flexibility index (Phi) is 2.98. The van der Waals surface area contributed by atoms with Crippen molar-refractivity contribution in [3.63, 3.8) is 0 Å². The van der Waals surface area contributed by atoms with Crippen molar-refractivity contribution in [1.82, 2.24) is 0 Å². The largest absolute Gasteiger partial charge is 0.455 e. The number of nitro groups is 1. The Morgan fingerprint density at radius 1 is 1.11 bits per heavy atom. The number of nitro benzene ring substituents is 1. The van der Waals surface area contributed by atoms with Gasteiger partial charge in [0.05, 0.1) is 8.49 Å². The zero-order chi connectivity index (χ0) is 13.4. The predicted molar refractivity (Wildman–Crippen MR) is 81.0 cm³/mol. The summed E-state index contributed by atoms with van der Waals surface area (Å²) in [4.78, 5) is 10.5. The first-order valence-electron chi connectivity index (χ1n) is 5.58. The highest BCUT2D eigenvalue weighted by molar-refractivity contribution is 14.1. The second-order valence-corrected chi connectivity index (χ2v) is 5.24. The van der Waals surface area contributed by atoms with Crippen molar-refractivity contribution in [2.24, 2.45) is 0 Å². The van der Waals surface area contributed by atoms with Crippen molar-refractivity contribution in [1.29, 1.82) is 0 Å². The minimum absolute atomic E-state index is 0.0808. The van der Waals surface area contributed by atoms with E-state index in [0.717, 1.165) is 14.5 Å². The first kappa shape index (κ1) is 12.2. The van der Waals surface area contributed by atoms with Crippen LogP contribution < -0.4 is 0 Å². The number of non-ortho nitro benzene ring substituents is 1. The fourth-order valence-electron chi connectivity index (χ4n) is 1.95. The van der Waals surface area contributed by atoms with Crippen LogP contribution >= 0.6 is 22.6 Å². The number of furan rings is 1. The summed E-state index contributed by atoms with van der Waals surface area (Å²) in [6, 6.07) is 14.6. The van der Waals surface area contributed by atoms with Gasteiger partial charge in [-0.2, -0.15) is 0 Å². The molecule has 0 fully saturated rings. The Morgan fingerprint density at radius 3 is 2.53 bits per heavy atom. The number of rotatable bonds is 2. The minimum atomic E-state index is -0.392. The molecule has 0 saturated heterocycles. The van der Waals surface area contributed by atoms with Crippen LogP contribution in [0, 0.1) is 13.7 Å². The van der Waals surface area contributed by atoms with Crippen LogP contribution in [-0.4, -0.2) is 4.92 Å². The molecule has 0 spiro atoms. The third kappa shape index (κ3) is 2.21. The zero-order valence-electron chi connectivity index (χ0n) is 9.67. The molecule has 4 nitrogen and oxygen atoms in total. The van der Waals surface area contributed by atoms with Crippen LogP contribution in [0.5, 0.6) is 0 Å². The maximum atomic E-state index is 10.8. The monoisotopic (exact) mass is 365 g/mol. The fourth-order valence-corrected chi connectivity index (χ4v) is 2.69. The second-order valence-electron chi connectivity index (χ2n) is 4.08. The number of benzene rings is 2. The summed E-state index contributed by atoms with van der Waals surface area (Å²) >= 11 is 2.05. The fraction of sp³-hybridized carbons (Fsp3) is 0. The molecule has 94 valence electrons. The molecule has 0 atom stereocenters. The summed E-state index contributed by atoms with van der Waals surface area (Å²) in [5.74, 6) is 0.717. The molecule has 0 radical (unpaired) electrons.